The van der Waals surface area contributed by atoms with E-state index in [1.165, 1.54) is 16.7 Å². The van der Waals surface area contributed by atoms with Crippen molar-refractivity contribution in [2.45, 2.75) is 118 Å². The SMILES string of the molecule is CCOC(=O)/C=C/B1OC(C)(C)C(C)(C)O1.CCOC(=O)/C=C/c1cn(COCC[Si](C)(C)C)c(=O)c(N2CC3(COC3)C2)n1.C[Si](C)(C)CCOCn1cc(Br)nc(N2CC3(COC3)C2)c1=O. The first-order valence-corrected chi connectivity index (χ1v) is 31.7. The molecule has 2 spiro atoms. The lowest BCUT2D eigenvalue weighted by Crippen LogP contribution is -2.67. The van der Waals surface area contributed by atoms with Crippen LogP contribution in [0.4, 0.5) is 11.6 Å². The Hall–Kier alpha value is -3.48. The van der Waals surface area contributed by atoms with Gasteiger partial charge in [0.2, 0.25) is 0 Å². The molecule has 5 aliphatic heterocycles. The fraction of sp³-hybridized carbons (Fsp3) is 0.696. The van der Waals surface area contributed by atoms with Crippen LogP contribution in [0, 0.1) is 10.8 Å². The highest BCUT2D eigenvalue weighted by Gasteiger charge is 2.52. The van der Waals surface area contributed by atoms with Gasteiger partial charge in [-0.3, -0.25) is 18.7 Å². The van der Waals surface area contributed by atoms with E-state index in [1.54, 1.807) is 42.9 Å². The van der Waals surface area contributed by atoms with E-state index in [-0.39, 0.29) is 52.6 Å². The molecule has 7 rings (SSSR count). The van der Waals surface area contributed by atoms with Gasteiger partial charge in [-0.25, -0.2) is 19.6 Å². The van der Waals surface area contributed by atoms with Gasteiger partial charge in [0.25, 0.3) is 11.1 Å². The van der Waals surface area contributed by atoms with Gasteiger partial charge in [-0.2, -0.15) is 0 Å². The van der Waals surface area contributed by atoms with Gasteiger partial charge in [-0.05, 0) is 81.6 Å². The van der Waals surface area contributed by atoms with Gasteiger partial charge in [0.05, 0.1) is 67.4 Å². The smallest absolute Gasteiger partial charge is 0.463 e. The molecule has 0 amide bonds. The zero-order valence-corrected chi connectivity index (χ0v) is 45.9. The zero-order valence-electron chi connectivity index (χ0n) is 42.3. The molecule has 0 unspecified atom stereocenters. The van der Waals surface area contributed by atoms with Crippen molar-refractivity contribution in [1.29, 1.82) is 0 Å². The maximum Gasteiger partial charge on any atom is 0.487 e. The molecule has 0 N–H and O–H groups in total. The molecule has 0 atom stereocenters. The van der Waals surface area contributed by atoms with Crippen LogP contribution in [0.25, 0.3) is 6.08 Å². The first-order chi connectivity index (χ1) is 31.8. The van der Waals surface area contributed by atoms with Crippen LogP contribution < -0.4 is 20.9 Å². The molecule has 0 bridgehead atoms. The molecule has 5 aliphatic rings. The summed E-state index contributed by atoms with van der Waals surface area (Å²) in [5, 5.41) is 0. The summed E-state index contributed by atoms with van der Waals surface area (Å²) in [7, 11) is -2.80. The average Bonchev–Trinajstić information content (AvgIpc) is 3.38. The molecule has 7 heterocycles. The van der Waals surface area contributed by atoms with E-state index < -0.39 is 29.2 Å². The first kappa shape index (κ1) is 55.4. The van der Waals surface area contributed by atoms with Gasteiger partial charge in [0, 0.05) is 80.1 Å². The second-order valence-corrected chi connectivity index (χ2v) is 33.7. The van der Waals surface area contributed by atoms with Crippen molar-refractivity contribution in [3.8, 4) is 0 Å². The van der Waals surface area contributed by atoms with Gasteiger partial charge in [0.15, 0.2) is 11.6 Å². The van der Waals surface area contributed by atoms with Crippen LogP contribution in [0.2, 0.25) is 51.4 Å². The summed E-state index contributed by atoms with van der Waals surface area (Å²) in [6.07, 6.45) is 7.56. The number of hydrogen-bond donors (Lipinski definition) is 0. The van der Waals surface area contributed by atoms with Crippen LogP contribution in [0.5, 0.6) is 0 Å². The summed E-state index contributed by atoms with van der Waals surface area (Å²) in [4.78, 5) is 61.2. The summed E-state index contributed by atoms with van der Waals surface area (Å²) in [6.45, 7) is 33.9. The number of carbonyl (C=O) groups is 2. The second-order valence-electron chi connectivity index (χ2n) is 21.6. The van der Waals surface area contributed by atoms with Crippen molar-refractivity contribution in [2.75, 3.05) is 88.8 Å². The third kappa shape index (κ3) is 15.5. The maximum absolute atomic E-state index is 12.9. The Morgan fingerprint density at radius 3 is 1.54 bits per heavy atom. The van der Waals surface area contributed by atoms with Gasteiger partial charge >= 0.3 is 19.1 Å². The van der Waals surface area contributed by atoms with Crippen molar-refractivity contribution >= 4 is 68.8 Å². The number of ether oxygens (including phenoxy) is 6. The van der Waals surface area contributed by atoms with Crippen LogP contribution in [0.15, 0.2) is 44.7 Å². The number of hydrogen-bond acceptors (Lipinski definition) is 16. The number of carbonyl (C=O) groups excluding carboxylic acids is 2. The summed E-state index contributed by atoms with van der Waals surface area (Å²) in [6, 6.07) is 2.12. The van der Waals surface area contributed by atoms with Crippen molar-refractivity contribution < 1.29 is 47.3 Å². The number of rotatable bonds is 18. The minimum absolute atomic E-state index is 0.0868. The summed E-state index contributed by atoms with van der Waals surface area (Å²) >= 11 is 3.40. The molecule has 2 aromatic heterocycles. The van der Waals surface area contributed by atoms with Gasteiger partial charge < -0.3 is 47.5 Å². The molecule has 0 radical (unpaired) electrons. The largest absolute Gasteiger partial charge is 0.487 e. The highest BCUT2D eigenvalue weighted by atomic mass is 79.9. The normalized spacial score (nSPS) is 19.6. The van der Waals surface area contributed by atoms with Crippen LogP contribution in [-0.2, 0) is 60.8 Å². The lowest BCUT2D eigenvalue weighted by molar-refractivity contribution is -0.138. The second kappa shape index (κ2) is 23.2. The molecule has 68 heavy (non-hydrogen) atoms. The number of anilines is 2. The van der Waals surface area contributed by atoms with Crippen molar-refractivity contribution in [2.24, 2.45) is 10.8 Å². The monoisotopic (exact) mass is 1050 g/mol. The molecular formula is C46H74BBrN6O12Si2. The lowest BCUT2D eigenvalue weighted by Gasteiger charge is -2.55. The number of nitrogens with zero attached hydrogens (tertiary/aromatic N) is 6. The summed E-state index contributed by atoms with van der Waals surface area (Å²) < 4.78 is 46.9. The predicted octanol–water partition coefficient (Wildman–Crippen LogP) is 5.86. The molecule has 0 saturated carbocycles. The predicted molar refractivity (Wildman–Crippen MR) is 271 cm³/mol. The molecule has 18 nitrogen and oxygen atoms in total. The Morgan fingerprint density at radius 2 is 1.13 bits per heavy atom. The van der Waals surface area contributed by atoms with E-state index in [1.807, 2.05) is 37.5 Å². The molecular weight excluding hydrogens is 975 g/mol. The van der Waals surface area contributed by atoms with E-state index in [2.05, 4.69) is 65.2 Å². The molecule has 378 valence electrons. The molecule has 5 fully saturated rings. The fourth-order valence-corrected chi connectivity index (χ4v) is 9.37. The van der Waals surface area contributed by atoms with Gasteiger partial charge in [-0.1, -0.05) is 39.3 Å². The van der Waals surface area contributed by atoms with Crippen LogP contribution in [0.3, 0.4) is 0 Å². The summed E-state index contributed by atoms with van der Waals surface area (Å²) in [5.41, 5.74) is -0.0728. The van der Waals surface area contributed by atoms with Crippen molar-refractivity contribution in [3.63, 3.8) is 0 Å². The van der Waals surface area contributed by atoms with E-state index in [0.717, 1.165) is 64.7 Å². The van der Waals surface area contributed by atoms with Crippen molar-refractivity contribution in [3.05, 3.63) is 61.5 Å². The van der Waals surface area contributed by atoms with Crippen LogP contribution >= 0.6 is 15.9 Å². The van der Waals surface area contributed by atoms with E-state index >= 15 is 0 Å². The average molecular weight is 1050 g/mol. The van der Waals surface area contributed by atoms with Crippen LogP contribution in [-0.4, -0.2) is 145 Å². The Labute approximate surface area is 412 Å². The van der Waals surface area contributed by atoms with E-state index in [0.29, 0.717) is 48.4 Å². The third-order valence-corrected chi connectivity index (χ3v) is 16.1. The van der Waals surface area contributed by atoms with Gasteiger partial charge in [0.1, 0.15) is 18.1 Å². The van der Waals surface area contributed by atoms with E-state index in [4.69, 9.17) is 37.7 Å². The lowest BCUT2D eigenvalue weighted by atomic mass is 9.78. The fourth-order valence-electron chi connectivity index (χ4n) is 7.44. The van der Waals surface area contributed by atoms with E-state index in [9.17, 15) is 19.2 Å². The van der Waals surface area contributed by atoms with Crippen molar-refractivity contribution in [1.82, 2.24) is 19.1 Å². The van der Waals surface area contributed by atoms with Gasteiger partial charge in [-0.15, -0.1) is 0 Å². The quantitative estimate of drug-likeness (QED) is 0.0748. The first-order valence-electron chi connectivity index (χ1n) is 23.5. The number of aromatic nitrogens is 4. The Bertz CT molecular complexity index is 2200. The topological polar surface area (TPSA) is 184 Å². The number of esters is 2. The maximum atomic E-state index is 12.9. The minimum atomic E-state index is -1.20. The molecule has 22 heteroatoms. The summed E-state index contributed by atoms with van der Waals surface area (Å²) in [5.74, 6) is 1.66. The molecule has 2 aromatic rings. The number of halogens is 1. The highest BCUT2D eigenvalue weighted by molar-refractivity contribution is 9.10. The zero-order chi connectivity index (χ0) is 50.1. The minimum Gasteiger partial charge on any atom is -0.463 e. The third-order valence-electron chi connectivity index (χ3n) is 12.3. The standard InChI is InChI=1S/C20H31N3O5Si.C15H24BrN3O3Si.C11H19BO4/c1-5-28-17(24)7-6-16-10-22(15-26-8-9-29(2,3)4)19(25)18(21-16)23-11-20(12-23)13-27-14-20;1-23(2,3)5-4-21-11-18-6-12(16)17-13(14(18)20)19-7-15(8-19)9-22-10-15;1-6-14-9(13)7-8-12-15-10(2,3)11(4,5)16-12/h6-7,10H,5,8-9,11-15H2,1-4H3;6H,4-5,7-11H2,1-3H3;7-8H,6H2,1-5H3/b7-6+;;8-7+. The molecule has 0 aromatic carbocycles. The van der Waals surface area contributed by atoms with Crippen LogP contribution in [0.1, 0.15) is 47.2 Å². The Balaban J connectivity index is 0.000000199. The molecule has 0 aliphatic carbocycles. The highest BCUT2D eigenvalue weighted by Crippen LogP contribution is 2.40. The Morgan fingerprint density at radius 1 is 0.706 bits per heavy atom. The Kier molecular flexibility index (Phi) is 18.9. The molecule has 5 saturated heterocycles.